The van der Waals surface area contributed by atoms with Gasteiger partial charge < -0.3 is 9.47 Å². The summed E-state index contributed by atoms with van der Waals surface area (Å²) in [6.07, 6.45) is -1.51. The Morgan fingerprint density at radius 3 is 1.70 bits per heavy atom. The van der Waals surface area contributed by atoms with Gasteiger partial charge in [-0.3, -0.25) is 10.6 Å². The van der Waals surface area contributed by atoms with Crippen LogP contribution >= 0.6 is 23.2 Å². The fourth-order valence-electron chi connectivity index (χ4n) is 1.08. The summed E-state index contributed by atoms with van der Waals surface area (Å²) in [4.78, 5) is 30.2. The van der Waals surface area contributed by atoms with Crippen LogP contribution in [0.15, 0.2) is 0 Å². The van der Waals surface area contributed by atoms with Crippen LogP contribution in [0.25, 0.3) is 0 Å². The maximum atomic E-state index is 11.3. The Morgan fingerprint density at radius 2 is 1.35 bits per heavy atom. The Morgan fingerprint density at radius 1 is 0.950 bits per heavy atom. The monoisotopic (exact) mass is 322 g/mol. The highest BCUT2D eigenvalue weighted by Crippen LogP contribution is 2.25. The Bertz CT molecular complexity index is 471. The van der Waals surface area contributed by atoms with Crippen molar-refractivity contribution in [2.75, 3.05) is 23.8 Å². The van der Waals surface area contributed by atoms with Crippen molar-refractivity contribution in [3.8, 4) is 0 Å². The molecule has 8 nitrogen and oxygen atoms in total. The number of carbonyl (C=O) groups is 2. The zero-order valence-corrected chi connectivity index (χ0v) is 12.2. The van der Waals surface area contributed by atoms with Crippen LogP contribution in [-0.4, -0.2) is 35.4 Å². The van der Waals surface area contributed by atoms with Gasteiger partial charge in [0.15, 0.2) is 21.9 Å². The first-order valence-electron chi connectivity index (χ1n) is 5.58. The number of anilines is 2. The van der Waals surface area contributed by atoms with Crippen LogP contribution in [0.4, 0.5) is 21.2 Å². The number of rotatable bonds is 4. The summed E-state index contributed by atoms with van der Waals surface area (Å²) in [6.45, 7) is 3.64. The molecule has 1 aromatic heterocycles. The van der Waals surface area contributed by atoms with Gasteiger partial charge in [-0.25, -0.2) is 19.6 Å². The second-order valence-corrected chi connectivity index (χ2v) is 3.91. The van der Waals surface area contributed by atoms with Gasteiger partial charge >= 0.3 is 12.2 Å². The van der Waals surface area contributed by atoms with Gasteiger partial charge in [0.2, 0.25) is 0 Å². The zero-order chi connectivity index (χ0) is 15.1. The van der Waals surface area contributed by atoms with Gasteiger partial charge in [-0.15, -0.1) is 0 Å². The predicted molar refractivity (Wildman–Crippen MR) is 73.3 cm³/mol. The van der Waals surface area contributed by atoms with Crippen molar-refractivity contribution in [3.05, 3.63) is 10.3 Å². The quantitative estimate of drug-likeness (QED) is 0.883. The van der Waals surface area contributed by atoms with Crippen LogP contribution in [0, 0.1) is 0 Å². The van der Waals surface area contributed by atoms with E-state index in [4.69, 9.17) is 23.2 Å². The summed E-state index contributed by atoms with van der Waals surface area (Å²) in [5, 5.41) is 4.25. The molecule has 2 N–H and O–H groups in total. The van der Waals surface area contributed by atoms with Crippen molar-refractivity contribution in [2.45, 2.75) is 13.8 Å². The minimum atomic E-state index is -0.756. The second kappa shape index (κ2) is 7.71. The topological polar surface area (TPSA) is 102 Å². The SMILES string of the molecule is CCOC(=O)Nc1nc(NC(=O)OCC)c(Cl)nc1Cl. The van der Waals surface area contributed by atoms with Crippen molar-refractivity contribution < 1.29 is 19.1 Å². The first-order valence-corrected chi connectivity index (χ1v) is 6.34. The van der Waals surface area contributed by atoms with E-state index in [9.17, 15) is 9.59 Å². The molecular weight excluding hydrogens is 311 g/mol. The Labute approximate surface area is 124 Å². The summed E-state index contributed by atoms with van der Waals surface area (Å²) >= 11 is 11.5. The largest absolute Gasteiger partial charge is 0.450 e. The van der Waals surface area contributed by atoms with Crippen molar-refractivity contribution >= 4 is 47.0 Å². The van der Waals surface area contributed by atoms with E-state index in [2.05, 4.69) is 30.1 Å². The van der Waals surface area contributed by atoms with Crippen LogP contribution in [-0.2, 0) is 9.47 Å². The Kier molecular flexibility index (Phi) is 6.26. The molecular formula is C10H12Cl2N4O4. The van der Waals surface area contributed by atoms with E-state index in [0.29, 0.717) is 0 Å². The number of amides is 2. The Balaban J connectivity index is 2.91. The minimum absolute atomic E-state index is 0.0960. The average molecular weight is 323 g/mol. The molecule has 2 amide bonds. The molecule has 1 heterocycles. The molecule has 1 aromatic rings. The van der Waals surface area contributed by atoms with E-state index >= 15 is 0 Å². The van der Waals surface area contributed by atoms with E-state index in [1.54, 1.807) is 13.8 Å². The van der Waals surface area contributed by atoms with E-state index in [-0.39, 0.29) is 35.2 Å². The molecule has 0 aromatic carbocycles. The first-order chi connectivity index (χ1) is 9.47. The van der Waals surface area contributed by atoms with Crippen molar-refractivity contribution in [2.24, 2.45) is 0 Å². The highest BCUT2D eigenvalue weighted by atomic mass is 35.5. The van der Waals surface area contributed by atoms with E-state index in [1.807, 2.05) is 0 Å². The smallest absolute Gasteiger partial charge is 0.412 e. The van der Waals surface area contributed by atoms with Crippen LogP contribution in [0.2, 0.25) is 10.3 Å². The third kappa shape index (κ3) is 4.71. The number of nitrogens with zero attached hydrogens (tertiary/aromatic N) is 2. The normalized spacial score (nSPS) is 9.80. The number of carbonyl (C=O) groups excluding carboxylic acids is 2. The van der Waals surface area contributed by atoms with Crippen LogP contribution in [0.3, 0.4) is 0 Å². The summed E-state index contributed by atoms with van der Waals surface area (Å²) < 4.78 is 9.34. The number of hydrogen-bond acceptors (Lipinski definition) is 6. The lowest BCUT2D eigenvalue weighted by Crippen LogP contribution is -2.18. The summed E-state index contributed by atoms with van der Waals surface area (Å²) in [5.74, 6) is -0.192. The molecule has 0 saturated carbocycles. The molecule has 10 heteroatoms. The van der Waals surface area contributed by atoms with Gasteiger partial charge in [-0.1, -0.05) is 23.2 Å². The molecule has 1 rings (SSSR count). The maximum Gasteiger partial charge on any atom is 0.412 e. The molecule has 0 aliphatic rings. The third-order valence-electron chi connectivity index (χ3n) is 1.80. The molecule has 0 unspecified atom stereocenters. The molecule has 0 saturated heterocycles. The first kappa shape index (κ1) is 16.3. The standard InChI is InChI=1S/C10H12Cl2N4O4/c1-3-19-9(17)15-7-5(11)13-6(12)8(14-7)16-10(18)20-4-2/h3-4H2,1-2H3,(H2,14,15,16,17,18). The lowest BCUT2D eigenvalue weighted by Gasteiger charge is -2.10. The predicted octanol–water partition coefficient (Wildman–Crippen LogP) is 2.92. The van der Waals surface area contributed by atoms with Crippen LogP contribution in [0.1, 0.15) is 13.8 Å². The molecule has 0 fully saturated rings. The number of ether oxygens (including phenoxy) is 2. The zero-order valence-electron chi connectivity index (χ0n) is 10.7. The summed E-state index contributed by atoms with van der Waals surface area (Å²) in [7, 11) is 0. The van der Waals surface area contributed by atoms with Gasteiger partial charge in [0, 0.05) is 0 Å². The van der Waals surface area contributed by atoms with Crippen molar-refractivity contribution in [3.63, 3.8) is 0 Å². The molecule has 0 bridgehead atoms. The molecule has 110 valence electrons. The lowest BCUT2D eigenvalue weighted by atomic mass is 10.6. The average Bonchev–Trinajstić information content (AvgIpc) is 2.35. The van der Waals surface area contributed by atoms with Gasteiger partial charge in [0.25, 0.3) is 0 Å². The fraction of sp³-hybridized carbons (Fsp3) is 0.400. The number of hydrogen-bond donors (Lipinski definition) is 2. The van der Waals surface area contributed by atoms with E-state index in [0.717, 1.165) is 0 Å². The van der Waals surface area contributed by atoms with Crippen molar-refractivity contribution in [1.82, 2.24) is 9.97 Å². The van der Waals surface area contributed by atoms with E-state index in [1.165, 1.54) is 0 Å². The number of halogens is 2. The minimum Gasteiger partial charge on any atom is -0.450 e. The highest BCUT2D eigenvalue weighted by molar-refractivity contribution is 6.35. The fourth-order valence-corrected chi connectivity index (χ4v) is 1.47. The van der Waals surface area contributed by atoms with Crippen LogP contribution in [0.5, 0.6) is 0 Å². The number of aromatic nitrogens is 2. The second-order valence-electron chi connectivity index (χ2n) is 3.19. The van der Waals surface area contributed by atoms with Gasteiger partial charge in [0.1, 0.15) is 0 Å². The van der Waals surface area contributed by atoms with Gasteiger partial charge in [0.05, 0.1) is 13.2 Å². The van der Waals surface area contributed by atoms with Crippen molar-refractivity contribution in [1.29, 1.82) is 0 Å². The molecule has 20 heavy (non-hydrogen) atoms. The third-order valence-corrected chi connectivity index (χ3v) is 2.33. The van der Waals surface area contributed by atoms with Gasteiger partial charge in [-0.05, 0) is 13.8 Å². The molecule has 0 aliphatic carbocycles. The van der Waals surface area contributed by atoms with Crippen LogP contribution < -0.4 is 10.6 Å². The molecule has 0 spiro atoms. The molecule has 0 atom stereocenters. The van der Waals surface area contributed by atoms with E-state index < -0.39 is 12.2 Å². The summed E-state index contributed by atoms with van der Waals surface area (Å²) in [5.41, 5.74) is 0. The summed E-state index contributed by atoms with van der Waals surface area (Å²) in [6, 6.07) is 0. The number of nitrogens with one attached hydrogen (secondary N) is 2. The lowest BCUT2D eigenvalue weighted by molar-refractivity contribution is 0.167. The molecule has 0 radical (unpaired) electrons. The Hall–Kier alpha value is -1.80. The maximum absolute atomic E-state index is 11.3. The van der Waals surface area contributed by atoms with Gasteiger partial charge in [-0.2, -0.15) is 0 Å². The molecule has 0 aliphatic heterocycles. The highest BCUT2D eigenvalue weighted by Gasteiger charge is 2.16.